The molecule has 4 aromatic rings. The lowest BCUT2D eigenvalue weighted by atomic mass is 9.55. The van der Waals surface area contributed by atoms with Gasteiger partial charge in [-0.1, -0.05) is 78.7 Å². The number of ether oxygens (including phenoxy) is 3. The number of unbranched alkanes of at least 4 members (excludes halogenated alkanes) is 2. The highest BCUT2D eigenvalue weighted by atomic mass is 32.2. The van der Waals surface area contributed by atoms with Crippen molar-refractivity contribution in [1.82, 2.24) is 4.90 Å². The van der Waals surface area contributed by atoms with Gasteiger partial charge < -0.3 is 34.2 Å². The van der Waals surface area contributed by atoms with Crippen LogP contribution in [0, 0.1) is 17.8 Å². The van der Waals surface area contributed by atoms with Crippen molar-refractivity contribution in [2.45, 2.75) is 67.6 Å². The Balaban J connectivity index is 1.34. The Hall–Kier alpha value is -4.61. The molecule has 6 atom stereocenters. The van der Waals surface area contributed by atoms with Crippen molar-refractivity contribution in [3.8, 4) is 11.5 Å². The average molecular weight is 805 g/mol. The van der Waals surface area contributed by atoms with Crippen LogP contribution in [0.25, 0.3) is 10.8 Å². The van der Waals surface area contributed by atoms with Crippen molar-refractivity contribution >= 4 is 34.2 Å². The van der Waals surface area contributed by atoms with Crippen LogP contribution in [0.15, 0.2) is 125 Å². The van der Waals surface area contributed by atoms with E-state index < -0.39 is 11.8 Å². The Kier molecular flexibility index (Phi) is 13.9. The van der Waals surface area contributed by atoms with Gasteiger partial charge in [0.25, 0.3) is 5.91 Å². The van der Waals surface area contributed by atoms with E-state index >= 15 is 0 Å². The smallest absolute Gasteiger partial charge is 0.254 e. The Morgan fingerprint density at radius 3 is 2.48 bits per heavy atom. The average Bonchev–Trinajstić information content (AvgIpc) is 3.25. The van der Waals surface area contributed by atoms with Gasteiger partial charge in [0.1, 0.15) is 24.7 Å². The first-order chi connectivity index (χ1) is 28.4. The van der Waals surface area contributed by atoms with Gasteiger partial charge in [-0.2, -0.15) is 0 Å². The summed E-state index contributed by atoms with van der Waals surface area (Å²) in [7, 11) is 3.39. The van der Waals surface area contributed by atoms with Gasteiger partial charge in [-0.3, -0.25) is 4.79 Å². The van der Waals surface area contributed by atoms with E-state index in [0.717, 1.165) is 64.8 Å². The van der Waals surface area contributed by atoms with Gasteiger partial charge in [0.05, 0.1) is 24.8 Å². The molecule has 10 heteroatoms. The van der Waals surface area contributed by atoms with E-state index in [1.807, 2.05) is 79.8 Å². The van der Waals surface area contributed by atoms with E-state index in [0.29, 0.717) is 37.2 Å². The number of likely N-dealkylation sites (N-methyl/N-ethyl adjacent to an activating group) is 1. The molecular formula is C48H56N2O7S. The molecule has 306 valence electrons. The normalized spacial score (nSPS) is 24.0. The topological polar surface area (TPSA) is 110 Å². The second-order valence-corrected chi connectivity index (χ2v) is 16.6. The molecule has 6 unspecified atom stereocenters. The van der Waals surface area contributed by atoms with Crippen LogP contribution in [-0.4, -0.2) is 84.9 Å². The van der Waals surface area contributed by atoms with Crippen LogP contribution < -0.4 is 9.47 Å². The van der Waals surface area contributed by atoms with Gasteiger partial charge in [0.15, 0.2) is 0 Å². The Morgan fingerprint density at radius 1 is 0.966 bits per heavy atom. The lowest BCUT2D eigenvalue weighted by Crippen LogP contribution is -2.69. The third-order valence-corrected chi connectivity index (χ3v) is 13.0. The quantitative estimate of drug-likeness (QED) is 0.0419. The summed E-state index contributed by atoms with van der Waals surface area (Å²) in [6.45, 7) is 5.02. The van der Waals surface area contributed by atoms with E-state index in [1.165, 1.54) is 4.90 Å². The molecule has 2 N–H and O–H groups in total. The lowest BCUT2D eigenvalue weighted by molar-refractivity contribution is -0.252. The molecule has 1 fully saturated rings. The summed E-state index contributed by atoms with van der Waals surface area (Å²) in [4.78, 5) is 23.2. The van der Waals surface area contributed by atoms with Gasteiger partial charge in [0, 0.05) is 54.4 Å². The maximum atomic E-state index is 14.7. The molecule has 0 spiro atoms. The minimum Gasteiger partial charge on any atom is -0.493 e. The predicted octanol–water partition coefficient (Wildman–Crippen LogP) is 9.05. The number of allylic oxidation sites excluding steroid dienone is 1. The van der Waals surface area contributed by atoms with Gasteiger partial charge in [-0.05, 0) is 96.3 Å². The van der Waals surface area contributed by atoms with E-state index in [1.54, 1.807) is 29.8 Å². The standard InChI is InChI=1S/C48H56N2O7S/c1-4-26-56-48-44(50(2)47(53)36-21-20-33-14-8-9-15-34(33)29-36)32-42(49-54-3)40-30-35(16-10-12-24-51)39(19-11-13-25-52)45(46(40)48)41-31-37(22-23-43(41)57-48)55-27-28-58-38-17-6-5-7-18-38/h4-9,14-15,17-18,20-23,29-31,35,39,44-46,51-52H,1,10-13,16,19,24-28,32H2,2-3H3. The molecule has 0 bridgehead atoms. The van der Waals surface area contributed by atoms with Gasteiger partial charge in [0.2, 0.25) is 5.79 Å². The molecule has 0 saturated heterocycles. The number of benzene rings is 4. The Bertz CT molecular complexity index is 2090. The number of thioether (sulfide) groups is 1. The minimum atomic E-state index is -1.31. The van der Waals surface area contributed by atoms with Crippen LogP contribution >= 0.6 is 11.8 Å². The molecule has 2 aliphatic carbocycles. The first-order valence-corrected chi connectivity index (χ1v) is 21.6. The maximum Gasteiger partial charge on any atom is 0.254 e. The molecule has 1 aliphatic heterocycles. The third kappa shape index (κ3) is 8.71. The van der Waals surface area contributed by atoms with Crippen LogP contribution in [-0.2, 0) is 9.57 Å². The number of aliphatic hydroxyl groups excluding tert-OH is 2. The van der Waals surface area contributed by atoms with E-state index in [9.17, 15) is 15.0 Å². The van der Waals surface area contributed by atoms with Crippen LogP contribution in [0.4, 0.5) is 0 Å². The van der Waals surface area contributed by atoms with Crippen molar-refractivity contribution in [2.24, 2.45) is 22.9 Å². The summed E-state index contributed by atoms with van der Waals surface area (Å²) in [5.74, 6) is 0.559. The van der Waals surface area contributed by atoms with Crippen LogP contribution in [0.1, 0.15) is 66.8 Å². The highest BCUT2D eigenvalue weighted by molar-refractivity contribution is 7.99. The summed E-state index contributed by atoms with van der Waals surface area (Å²) in [5, 5.41) is 26.4. The summed E-state index contributed by atoms with van der Waals surface area (Å²) < 4.78 is 20.7. The largest absolute Gasteiger partial charge is 0.493 e. The molecule has 4 aromatic carbocycles. The zero-order valence-corrected chi connectivity index (χ0v) is 34.4. The van der Waals surface area contributed by atoms with Crippen molar-refractivity contribution in [2.75, 3.05) is 46.3 Å². The molecule has 0 radical (unpaired) electrons. The van der Waals surface area contributed by atoms with Gasteiger partial charge >= 0.3 is 0 Å². The van der Waals surface area contributed by atoms with E-state index in [-0.39, 0.29) is 49.4 Å². The highest BCUT2D eigenvalue weighted by Gasteiger charge is 2.65. The number of carbonyl (C=O) groups excluding carboxylic acids is 1. The number of hydrogen-bond donors (Lipinski definition) is 2. The predicted molar refractivity (Wildman–Crippen MR) is 231 cm³/mol. The van der Waals surface area contributed by atoms with Crippen molar-refractivity contribution in [3.63, 3.8) is 0 Å². The van der Waals surface area contributed by atoms with Crippen LogP contribution in [0.2, 0.25) is 0 Å². The molecule has 7 rings (SSSR count). The molecule has 1 saturated carbocycles. The Labute approximate surface area is 346 Å². The molecule has 58 heavy (non-hydrogen) atoms. The van der Waals surface area contributed by atoms with E-state index in [4.69, 9.17) is 19.0 Å². The minimum absolute atomic E-state index is 0.122. The van der Waals surface area contributed by atoms with Crippen LogP contribution in [0.5, 0.6) is 11.5 Å². The fraction of sp³-hybridized carbons (Fsp3) is 0.417. The lowest BCUT2D eigenvalue weighted by Gasteiger charge is -2.59. The number of oxime groups is 1. The summed E-state index contributed by atoms with van der Waals surface area (Å²) in [6.07, 6.45) is 9.28. The van der Waals surface area contributed by atoms with Gasteiger partial charge in [-0.15, -0.1) is 18.3 Å². The monoisotopic (exact) mass is 804 g/mol. The summed E-state index contributed by atoms with van der Waals surface area (Å²) in [6, 6.07) is 29.6. The van der Waals surface area contributed by atoms with Crippen molar-refractivity contribution < 1.29 is 34.1 Å². The second kappa shape index (κ2) is 19.4. The second-order valence-electron chi connectivity index (χ2n) is 15.4. The zero-order chi connectivity index (χ0) is 40.5. The number of aliphatic hydroxyl groups is 2. The van der Waals surface area contributed by atoms with Gasteiger partial charge in [-0.25, -0.2) is 0 Å². The molecule has 0 aromatic heterocycles. The molecule has 3 aliphatic rings. The molecule has 1 heterocycles. The number of amides is 1. The number of fused-ring (bicyclic) bond motifs is 3. The highest BCUT2D eigenvalue weighted by Crippen LogP contribution is 2.62. The SMILES string of the molecule is C=CCOC12Oc3ccc(OCCSc4ccccc4)cc3C3C(CCCCO)C(CCCCO)C=C(C(=NOC)CC1N(C)C(=O)c1ccc4ccccc4c1)C32. The first-order valence-electron chi connectivity index (χ1n) is 20.6. The van der Waals surface area contributed by atoms with Crippen molar-refractivity contribution in [3.05, 3.63) is 126 Å². The first kappa shape index (κ1) is 41.5. The molecule has 1 amide bonds. The number of rotatable bonds is 19. The third-order valence-electron chi connectivity index (χ3n) is 12.0. The van der Waals surface area contributed by atoms with Crippen LogP contribution in [0.3, 0.4) is 0 Å². The van der Waals surface area contributed by atoms with Crippen molar-refractivity contribution in [1.29, 1.82) is 0 Å². The number of carbonyl (C=O) groups is 1. The fourth-order valence-corrected chi connectivity index (χ4v) is 10.2. The Morgan fingerprint density at radius 2 is 1.72 bits per heavy atom. The maximum absolute atomic E-state index is 14.7. The zero-order valence-electron chi connectivity index (χ0n) is 33.6. The summed E-state index contributed by atoms with van der Waals surface area (Å²) >= 11 is 1.76. The number of hydrogen-bond acceptors (Lipinski definition) is 9. The summed E-state index contributed by atoms with van der Waals surface area (Å²) in [5.41, 5.74) is 3.36. The van der Waals surface area contributed by atoms with E-state index in [2.05, 4.69) is 36.0 Å². The molecule has 9 nitrogen and oxygen atoms in total. The number of nitrogens with zero attached hydrogens (tertiary/aromatic N) is 2. The fourth-order valence-electron chi connectivity index (χ4n) is 9.43. The molecular weight excluding hydrogens is 749 g/mol.